The standard InChI is InChI=1S/C34H49N3/c1-7-32(35,8-2)28-22-16-13-19-25(28)31(26-20-14-17-23-29(26)33(36,9-3)10-4)27-21-15-18-24-30(27)34(37,11-5)12-6/h13-24,31H,7-12,35-37H2,1-6H3. The molecule has 0 fully saturated rings. The maximum atomic E-state index is 7.12. The maximum Gasteiger partial charge on any atom is 0.0407 e. The summed E-state index contributed by atoms with van der Waals surface area (Å²) in [5.74, 6) is -0.0355. The summed E-state index contributed by atoms with van der Waals surface area (Å²) in [5, 5.41) is 0. The fourth-order valence-electron chi connectivity index (χ4n) is 6.00. The first kappa shape index (κ1) is 29.1. The van der Waals surface area contributed by atoms with E-state index in [0.29, 0.717) is 0 Å². The first-order valence-electron chi connectivity index (χ1n) is 14.3. The SMILES string of the molecule is CCC(N)(CC)c1ccccc1C(c1ccccc1C(N)(CC)CC)c1ccccc1C(N)(CC)CC. The average Bonchev–Trinajstić information content (AvgIpc) is 2.97. The van der Waals surface area contributed by atoms with Gasteiger partial charge < -0.3 is 17.2 Å². The van der Waals surface area contributed by atoms with Crippen LogP contribution in [0.4, 0.5) is 0 Å². The van der Waals surface area contributed by atoms with E-state index in [-0.39, 0.29) is 5.92 Å². The van der Waals surface area contributed by atoms with E-state index in [1.807, 2.05) is 0 Å². The Hall–Kier alpha value is -2.46. The minimum absolute atomic E-state index is 0.0355. The Morgan fingerprint density at radius 2 is 0.649 bits per heavy atom. The van der Waals surface area contributed by atoms with Crippen molar-refractivity contribution in [3.8, 4) is 0 Å². The van der Waals surface area contributed by atoms with Gasteiger partial charge in [0.05, 0.1) is 0 Å². The quantitative estimate of drug-likeness (QED) is 0.223. The van der Waals surface area contributed by atoms with Gasteiger partial charge in [-0.1, -0.05) is 114 Å². The van der Waals surface area contributed by atoms with Crippen LogP contribution in [0.3, 0.4) is 0 Å². The molecular weight excluding hydrogens is 450 g/mol. The molecule has 3 rings (SSSR count). The van der Waals surface area contributed by atoms with Crippen LogP contribution in [0.15, 0.2) is 72.8 Å². The predicted molar refractivity (Wildman–Crippen MR) is 160 cm³/mol. The van der Waals surface area contributed by atoms with Crippen molar-refractivity contribution in [2.75, 3.05) is 0 Å². The molecule has 3 aromatic rings. The fraction of sp³-hybridized carbons (Fsp3) is 0.471. The lowest BCUT2D eigenvalue weighted by molar-refractivity contribution is 0.399. The smallest absolute Gasteiger partial charge is 0.0407 e. The van der Waals surface area contributed by atoms with Crippen molar-refractivity contribution in [2.24, 2.45) is 17.2 Å². The number of benzene rings is 3. The van der Waals surface area contributed by atoms with Crippen molar-refractivity contribution in [3.63, 3.8) is 0 Å². The number of rotatable bonds is 12. The Morgan fingerprint density at radius 3 is 0.865 bits per heavy atom. The highest BCUT2D eigenvalue weighted by Crippen LogP contribution is 2.45. The molecule has 0 saturated carbocycles. The van der Waals surface area contributed by atoms with Gasteiger partial charge >= 0.3 is 0 Å². The van der Waals surface area contributed by atoms with E-state index in [2.05, 4.69) is 114 Å². The van der Waals surface area contributed by atoms with Gasteiger partial charge in [0, 0.05) is 22.5 Å². The van der Waals surface area contributed by atoms with Crippen LogP contribution >= 0.6 is 0 Å². The summed E-state index contributed by atoms with van der Waals surface area (Å²) < 4.78 is 0. The van der Waals surface area contributed by atoms with Crippen LogP contribution in [0.2, 0.25) is 0 Å². The molecule has 3 nitrogen and oxygen atoms in total. The number of nitrogens with two attached hydrogens (primary N) is 3. The first-order valence-corrected chi connectivity index (χ1v) is 14.3. The van der Waals surface area contributed by atoms with Gasteiger partial charge in [0.2, 0.25) is 0 Å². The molecule has 0 aromatic heterocycles. The highest BCUT2D eigenvalue weighted by molar-refractivity contribution is 5.55. The molecule has 0 radical (unpaired) electrons. The topological polar surface area (TPSA) is 78.1 Å². The number of hydrogen-bond donors (Lipinski definition) is 3. The van der Waals surface area contributed by atoms with Crippen molar-refractivity contribution < 1.29 is 0 Å². The summed E-state index contributed by atoms with van der Waals surface area (Å²) in [5.41, 5.74) is 27.5. The van der Waals surface area contributed by atoms with Crippen LogP contribution < -0.4 is 17.2 Å². The minimum atomic E-state index is -0.413. The Bertz CT molecular complexity index is 1010. The van der Waals surface area contributed by atoms with Gasteiger partial charge in [-0.15, -0.1) is 0 Å². The van der Waals surface area contributed by atoms with Crippen LogP contribution in [0.5, 0.6) is 0 Å². The van der Waals surface area contributed by atoms with E-state index < -0.39 is 16.6 Å². The van der Waals surface area contributed by atoms with Crippen molar-refractivity contribution in [3.05, 3.63) is 106 Å². The fourth-order valence-corrected chi connectivity index (χ4v) is 6.00. The summed E-state index contributed by atoms with van der Waals surface area (Å²) in [4.78, 5) is 0. The third kappa shape index (κ3) is 5.41. The third-order valence-electron chi connectivity index (χ3n) is 9.21. The molecule has 0 saturated heterocycles. The first-order chi connectivity index (χ1) is 17.7. The summed E-state index contributed by atoms with van der Waals surface area (Å²) in [6.07, 6.45) is 5.20. The largest absolute Gasteiger partial charge is 0.321 e. The van der Waals surface area contributed by atoms with E-state index in [4.69, 9.17) is 17.2 Å². The highest BCUT2D eigenvalue weighted by atomic mass is 14.8. The molecule has 0 aliphatic rings. The van der Waals surface area contributed by atoms with E-state index in [1.165, 1.54) is 33.4 Å². The van der Waals surface area contributed by atoms with Crippen molar-refractivity contribution in [1.29, 1.82) is 0 Å². The maximum absolute atomic E-state index is 7.12. The average molecular weight is 500 g/mol. The highest BCUT2D eigenvalue weighted by Gasteiger charge is 2.36. The van der Waals surface area contributed by atoms with Crippen molar-refractivity contribution in [1.82, 2.24) is 0 Å². The van der Waals surface area contributed by atoms with Crippen LogP contribution in [0.1, 0.15) is 119 Å². The third-order valence-corrected chi connectivity index (χ3v) is 9.21. The molecule has 0 spiro atoms. The summed E-state index contributed by atoms with van der Waals surface area (Å²) >= 11 is 0. The predicted octanol–water partition coefficient (Wildman–Crippen LogP) is 7.79. The number of hydrogen-bond acceptors (Lipinski definition) is 3. The molecule has 0 aliphatic heterocycles. The van der Waals surface area contributed by atoms with Crippen molar-refractivity contribution in [2.45, 2.75) is 103 Å². The van der Waals surface area contributed by atoms with E-state index in [0.717, 1.165) is 38.5 Å². The minimum Gasteiger partial charge on any atom is -0.321 e. The zero-order valence-electron chi connectivity index (χ0n) is 24.0. The van der Waals surface area contributed by atoms with Crippen LogP contribution in [-0.4, -0.2) is 0 Å². The van der Waals surface area contributed by atoms with Crippen LogP contribution in [0, 0.1) is 0 Å². The van der Waals surface area contributed by atoms with Gasteiger partial charge in [0.1, 0.15) is 0 Å². The molecule has 6 N–H and O–H groups in total. The molecule has 0 atom stereocenters. The van der Waals surface area contributed by atoms with Gasteiger partial charge in [-0.2, -0.15) is 0 Å². The van der Waals surface area contributed by atoms with Gasteiger partial charge in [0.25, 0.3) is 0 Å². The Morgan fingerprint density at radius 1 is 0.432 bits per heavy atom. The molecular formula is C34H49N3. The second-order valence-corrected chi connectivity index (χ2v) is 10.8. The normalized spacial score (nSPS) is 12.8. The second-order valence-electron chi connectivity index (χ2n) is 10.8. The molecule has 0 bridgehead atoms. The lowest BCUT2D eigenvalue weighted by atomic mass is 9.69. The second kappa shape index (κ2) is 11.9. The molecule has 0 unspecified atom stereocenters. The van der Waals surface area contributed by atoms with Gasteiger partial charge in [-0.05, 0) is 71.9 Å². The molecule has 200 valence electrons. The molecule has 37 heavy (non-hydrogen) atoms. The molecule has 0 aliphatic carbocycles. The van der Waals surface area contributed by atoms with E-state index in [1.54, 1.807) is 0 Å². The monoisotopic (exact) mass is 499 g/mol. The van der Waals surface area contributed by atoms with Gasteiger partial charge in [-0.3, -0.25) is 0 Å². The van der Waals surface area contributed by atoms with Crippen LogP contribution in [0.25, 0.3) is 0 Å². The lowest BCUT2D eigenvalue weighted by Crippen LogP contribution is -2.39. The molecule has 0 amide bonds. The molecule has 3 heteroatoms. The Labute approximate surface area is 225 Å². The zero-order valence-corrected chi connectivity index (χ0v) is 24.0. The summed E-state index contributed by atoms with van der Waals surface area (Å²) in [7, 11) is 0. The van der Waals surface area contributed by atoms with E-state index >= 15 is 0 Å². The lowest BCUT2D eigenvalue weighted by Gasteiger charge is -2.38. The Balaban J connectivity index is 2.49. The van der Waals surface area contributed by atoms with Gasteiger partial charge in [0.15, 0.2) is 0 Å². The Kier molecular flexibility index (Phi) is 9.39. The van der Waals surface area contributed by atoms with Crippen molar-refractivity contribution >= 4 is 0 Å². The summed E-state index contributed by atoms with van der Waals surface area (Å²) in [6, 6.07) is 26.3. The molecule has 3 aromatic carbocycles. The zero-order chi connectivity index (χ0) is 27.3. The van der Waals surface area contributed by atoms with Gasteiger partial charge in [-0.25, -0.2) is 0 Å². The summed E-state index contributed by atoms with van der Waals surface area (Å²) in [6.45, 7) is 13.1. The molecule has 0 heterocycles. The van der Waals surface area contributed by atoms with E-state index in [9.17, 15) is 0 Å². The van der Waals surface area contributed by atoms with Crippen LogP contribution in [-0.2, 0) is 16.6 Å².